The second-order valence-electron chi connectivity index (χ2n) is 2.64. The molecular formula is C8H10ClNO2S. The lowest BCUT2D eigenvalue weighted by Crippen LogP contribution is -2.08. The molecule has 0 amide bonds. The number of nitrogens with zero attached hydrogens (tertiary/aromatic N) is 1. The molecule has 0 bridgehead atoms. The van der Waals surface area contributed by atoms with Crippen LogP contribution in [0.3, 0.4) is 0 Å². The van der Waals surface area contributed by atoms with E-state index in [2.05, 4.69) is 4.98 Å². The van der Waals surface area contributed by atoms with E-state index in [-0.39, 0.29) is 11.6 Å². The molecule has 0 spiro atoms. The van der Waals surface area contributed by atoms with Crippen LogP contribution in [0, 0.1) is 6.92 Å². The van der Waals surface area contributed by atoms with Crippen molar-refractivity contribution in [3.63, 3.8) is 0 Å². The zero-order valence-corrected chi connectivity index (χ0v) is 8.77. The van der Waals surface area contributed by atoms with Crippen molar-refractivity contribution in [2.75, 3.05) is 11.6 Å². The van der Waals surface area contributed by atoms with Gasteiger partial charge in [-0.2, -0.15) is 0 Å². The molecule has 1 aromatic rings. The Bertz CT molecular complexity index is 389. The summed E-state index contributed by atoms with van der Waals surface area (Å²) >= 11 is 5.38. The molecule has 0 aliphatic heterocycles. The number of pyridine rings is 1. The summed E-state index contributed by atoms with van der Waals surface area (Å²) in [4.78, 5) is 4.21. The van der Waals surface area contributed by atoms with Crippen molar-refractivity contribution in [1.82, 2.24) is 4.98 Å². The van der Waals surface area contributed by atoms with Crippen molar-refractivity contribution < 1.29 is 8.42 Å². The van der Waals surface area contributed by atoms with Gasteiger partial charge in [0.25, 0.3) is 0 Å². The standard InChI is InChI=1S/C8H10ClNO2S/c1-7-6-8(2-4-10-7)13(11,12)5-3-9/h2,4,6H,3,5H2,1H3. The maximum atomic E-state index is 11.5. The van der Waals surface area contributed by atoms with Gasteiger partial charge >= 0.3 is 0 Å². The third kappa shape index (κ3) is 2.67. The summed E-state index contributed by atoms with van der Waals surface area (Å²) in [6.07, 6.45) is 1.48. The number of rotatable bonds is 3. The molecule has 0 radical (unpaired) electrons. The lowest BCUT2D eigenvalue weighted by atomic mass is 10.4. The van der Waals surface area contributed by atoms with Gasteiger partial charge in [-0.15, -0.1) is 11.6 Å². The van der Waals surface area contributed by atoms with E-state index < -0.39 is 9.84 Å². The molecule has 3 nitrogen and oxygen atoms in total. The Morgan fingerprint density at radius 1 is 1.54 bits per heavy atom. The lowest BCUT2D eigenvalue weighted by molar-refractivity contribution is 0.597. The molecule has 0 fully saturated rings. The van der Waals surface area contributed by atoms with E-state index in [1.807, 2.05) is 0 Å². The van der Waals surface area contributed by atoms with Crippen LogP contribution in [-0.2, 0) is 9.84 Å². The third-order valence-corrected chi connectivity index (χ3v) is 3.70. The molecule has 0 aliphatic carbocycles. The number of halogens is 1. The summed E-state index contributed by atoms with van der Waals surface area (Å²) in [6.45, 7) is 1.75. The first-order valence-corrected chi connectivity index (χ1v) is 5.96. The topological polar surface area (TPSA) is 47.0 Å². The summed E-state index contributed by atoms with van der Waals surface area (Å²) in [7, 11) is -3.20. The Morgan fingerprint density at radius 2 is 2.23 bits per heavy atom. The molecule has 0 unspecified atom stereocenters. The first-order valence-electron chi connectivity index (χ1n) is 3.77. The van der Waals surface area contributed by atoms with Crippen LogP contribution in [-0.4, -0.2) is 25.0 Å². The highest BCUT2D eigenvalue weighted by atomic mass is 35.5. The minimum atomic E-state index is -3.20. The van der Waals surface area contributed by atoms with Crippen LogP contribution in [0.4, 0.5) is 0 Å². The monoisotopic (exact) mass is 219 g/mol. The third-order valence-electron chi connectivity index (χ3n) is 1.57. The molecule has 0 aromatic carbocycles. The second kappa shape index (κ2) is 4.07. The van der Waals surface area contributed by atoms with Gasteiger partial charge in [-0.05, 0) is 19.1 Å². The molecule has 1 rings (SSSR count). The SMILES string of the molecule is Cc1cc(S(=O)(=O)CCCl)ccn1. The van der Waals surface area contributed by atoms with Gasteiger partial charge in [0.2, 0.25) is 0 Å². The van der Waals surface area contributed by atoms with Crippen LogP contribution >= 0.6 is 11.6 Å². The molecule has 5 heteroatoms. The van der Waals surface area contributed by atoms with Crippen LogP contribution in [0.1, 0.15) is 5.69 Å². The second-order valence-corrected chi connectivity index (χ2v) is 5.13. The fraction of sp³-hybridized carbons (Fsp3) is 0.375. The number of aromatic nitrogens is 1. The van der Waals surface area contributed by atoms with Gasteiger partial charge in [0.1, 0.15) is 0 Å². The van der Waals surface area contributed by atoms with E-state index in [1.54, 1.807) is 13.0 Å². The molecule has 0 atom stereocenters. The maximum absolute atomic E-state index is 11.5. The zero-order chi connectivity index (χ0) is 9.90. The molecule has 0 aliphatic rings. The summed E-state index contributed by atoms with van der Waals surface area (Å²) in [5.41, 5.74) is 0.690. The Labute approximate surface area is 82.7 Å². The van der Waals surface area contributed by atoms with Crippen molar-refractivity contribution in [2.24, 2.45) is 0 Å². The number of sulfone groups is 1. The highest BCUT2D eigenvalue weighted by Crippen LogP contribution is 2.11. The lowest BCUT2D eigenvalue weighted by Gasteiger charge is -2.01. The first-order chi connectivity index (χ1) is 6.06. The Hall–Kier alpha value is -0.610. The normalized spacial score (nSPS) is 11.5. The molecule has 1 heterocycles. The van der Waals surface area contributed by atoms with E-state index in [4.69, 9.17) is 11.6 Å². The fourth-order valence-electron chi connectivity index (χ4n) is 0.932. The van der Waals surface area contributed by atoms with Crippen molar-refractivity contribution in [3.05, 3.63) is 24.0 Å². The molecular weight excluding hydrogens is 210 g/mol. The van der Waals surface area contributed by atoms with Gasteiger partial charge in [-0.3, -0.25) is 4.98 Å². The molecule has 0 saturated carbocycles. The highest BCUT2D eigenvalue weighted by Gasteiger charge is 2.13. The smallest absolute Gasteiger partial charge is 0.179 e. The molecule has 13 heavy (non-hydrogen) atoms. The van der Waals surface area contributed by atoms with Gasteiger partial charge < -0.3 is 0 Å². The molecule has 72 valence electrons. The summed E-state index contributed by atoms with van der Waals surface area (Å²) in [5.74, 6) is 0.0850. The van der Waals surface area contributed by atoms with Crippen molar-refractivity contribution >= 4 is 21.4 Å². The van der Waals surface area contributed by atoms with Gasteiger partial charge in [0.15, 0.2) is 9.84 Å². The molecule has 1 aromatic heterocycles. The number of aryl methyl sites for hydroxylation is 1. The Morgan fingerprint density at radius 3 is 2.77 bits per heavy atom. The van der Waals surface area contributed by atoms with Gasteiger partial charge in [0.05, 0.1) is 10.6 Å². The predicted molar refractivity (Wildman–Crippen MR) is 51.7 cm³/mol. The quantitative estimate of drug-likeness (QED) is 0.722. The fourth-order valence-corrected chi connectivity index (χ4v) is 2.60. The Kier molecular flexibility index (Phi) is 3.27. The minimum Gasteiger partial charge on any atom is -0.262 e. The van der Waals surface area contributed by atoms with Crippen LogP contribution in [0.2, 0.25) is 0 Å². The average molecular weight is 220 g/mol. The Balaban J connectivity index is 3.08. The van der Waals surface area contributed by atoms with Crippen LogP contribution < -0.4 is 0 Å². The van der Waals surface area contributed by atoms with Gasteiger partial charge in [-0.25, -0.2) is 8.42 Å². The zero-order valence-electron chi connectivity index (χ0n) is 7.20. The van der Waals surface area contributed by atoms with E-state index in [0.717, 1.165) is 0 Å². The summed E-state index contributed by atoms with van der Waals surface area (Å²) in [5, 5.41) is 0. The van der Waals surface area contributed by atoms with E-state index in [0.29, 0.717) is 10.6 Å². The van der Waals surface area contributed by atoms with Crippen LogP contribution in [0.25, 0.3) is 0 Å². The predicted octanol–water partition coefficient (Wildman–Crippen LogP) is 1.40. The average Bonchev–Trinajstić information content (AvgIpc) is 2.04. The highest BCUT2D eigenvalue weighted by molar-refractivity contribution is 7.91. The van der Waals surface area contributed by atoms with Crippen molar-refractivity contribution in [1.29, 1.82) is 0 Å². The summed E-state index contributed by atoms with van der Waals surface area (Å²) in [6, 6.07) is 3.02. The first kappa shape index (κ1) is 10.5. The van der Waals surface area contributed by atoms with E-state index >= 15 is 0 Å². The maximum Gasteiger partial charge on any atom is 0.179 e. The van der Waals surface area contributed by atoms with E-state index in [1.165, 1.54) is 12.3 Å². The van der Waals surface area contributed by atoms with Crippen molar-refractivity contribution in [2.45, 2.75) is 11.8 Å². The number of hydrogen-bond acceptors (Lipinski definition) is 3. The van der Waals surface area contributed by atoms with Gasteiger partial charge in [0, 0.05) is 17.8 Å². The number of hydrogen-bond donors (Lipinski definition) is 0. The van der Waals surface area contributed by atoms with Crippen molar-refractivity contribution in [3.8, 4) is 0 Å². The minimum absolute atomic E-state index is 0.0298. The number of alkyl halides is 1. The van der Waals surface area contributed by atoms with E-state index in [9.17, 15) is 8.42 Å². The van der Waals surface area contributed by atoms with Crippen LogP contribution in [0.15, 0.2) is 23.2 Å². The molecule has 0 saturated heterocycles. The van der Waals surface area contributed by atoms with Crippen LogP contribution in [0.5, 0.6) is 0 Å². The largest absolute Gasteiger partial charge is 0.262 e. The summed E-state index contributed by atoms with van der Waals surface area (Å²) < 4.78 is 22.9. The molecule has 0 N–H and O–H groups in total. The van der Waals surface area contributed by atoms with Gasteiger partial charge in [-0.1, -0.05) is 0 Å².